The zero-order valence-corrected chi connectivity index (χ0v) is 11.2. The Morgan fingerprint density at radius 3 is 2.56 bits per heavy atom. The van der Waals surface area contributed by atoms with E-state index in [0.29, 0.717) is 6.54 Å². The van der Waals surface area contributed by atoms with E-state index in [1.807, 2.05) is 0 Å². The van der Waals surface area contributed by atoms with E-state index >= 15 is 0 Å². The quantitative estimate of drug-likeness (QED) is 0.427. The van der Waals surface area contributed by atoms with E-state index in [1.54, 1.807) is 0 Å². The monoisotopic (exact) mass is 254 g/mol. The number of carbonyl (C=O) groups is 1. The smallest absolute Gasteiger partial charge is 0.239 e. The van der Waals surface area contributed by atoms with Crippen molar-refractivity contribution < 1.29 is 4.79 Å². The van der Waals surface area contributed by atoms with Crippen LogP contribution in [0.5, 0.6) is 0 Å². The van der Waals surface area contributed by atoms with Gasteiger partial charge in [0.2, 0.25) is 5.91 Å². The number of carbonyl (C=O) groups excluding carboxylic acids is 1. The highest BCUT2D eigenvalue weighted by Gasteiger charge is 2.24. The molecule has 0 aromatic heterocycles. The number of amides is 1. The van der Waals surface area contributed by atoms with E-state index in [2.05, 4.69) is 10.2 Å². The highest BCUT2D eigenvalue weighted by molar-refractivity contribution is 5.78. The van der Waals surface area contributed by atoms with Crippen molar-refractivity contribution in [1.29, 1.82) is 0 Å². The van der Waals surface area contributed by atoms with E-state index in [1.165, 1.54) is 24.3 Å². The molecule has 0 spiro atoms. The van der Waals surface area contributed by atoms with Crippen molar-refractivity contribution >= 4 is 5.91 Å². The SMILES string of the molecule is NN(CCN1CCNCC1)C(=O)C1CCCCC1. The van der Waals surface area contributed by atoms with Crippen molar-refractivity contribution in [2.75, 3.05) is 39.3 Å². The molecule has 1 aliphatic heterocycles. The summed E-state index contributed by atoms with van der Waals surface area (Å²) >= 11 is 0. The minimum Gasteiger partial charge on any atom is -0.314 e. The number of hydrazine groups is 1. The molecular weight excluding hydrogens is 228 g/mol. The van der Waals surface area contributed by atoms with E-state index in [0.717, 1.165) is 45.6 Å². The van der Waals surface area contributed by atoms with Crippen LogP contribution in [0.3, 0.4) is 0 Å². The molecule has 2 fully saturated rings. The largest absolute Gasteiger partial charge is 0.314 e. The van der Waals surface area contributed by atoms with Gasteiger partial charge in [-0.25, -0.2) is 5.84 Å². The molecule has 2 rings (SSSR count). The molecule has 104 valence electrons. The van der Waals surface area contributed by atoms with Crippen molar-refractivity contribution in [3.05, 3.63) is 0 Å². The summed E-state index contributed by atoms with van der Waals surface area (Å²) in [5.74, 6) is 6.25. The third-order valence-electron chi connectivity index (χ3n) is 4.10. The minimum atomic E-state index is 0.157. The number of rotatable bonds is 4. The van der Waals surface area contributed by atoms with Crippen LogP contribution in [-0.4, -0.2) is 55.1 Å². The molecule has 1 amide bonds. The predicted molar refractivity (Wildman–Crippen MR) is 71.8 cm³/mol. The fraction of sp³-hybridized carbons (Fsp3) is 0.923. The summed E-state index contributed by atoms with van der Waals surface area (Å²) < 4.78 is 0. The lowest BCUT2D eigenvalue weighted by Gasteiger charge is -2.30. The first kappa shape index (κ1) is 13.8. The molecule has 1 heterocycles. The van der Waals surface area contributed by atoms with Crippen LogP contribution in [0, 0.1) is 5.92 Å². The van der Waals surface area contributed by atoms with Crippen LogP contribution in [-0.2, 0) is 4.79 Å². The van der Waals surface area contributed by atoms with Gasteiger partial charge in [0.05, 0.1) is 0 Å². The first-order chi connectivity index (χ1) is 8.77. The summed E-state index contributed by atoms with van der Waals surface area (Å²) in [6.07, 6.45) is 5.69. The Kier molecular flexibility index (Phi) is 5.41. The van der Waals surface area contributed by atoms with Gasteiger partial charge < -0.3 is 5.32 Å². The standard InChI is InChI=1S/C13H26N4O/c14-17(11-10-16-8-6-15-7-9-16)13(18)12-4-2-1-3-5-12/h12,15H,1-11,14H2. The molecule has 5 heteroatoms. The summed E-state index contributed by atoms with van der Waals surface area (Å²) in [6.45, 7) is 5.77. The second-order valence-corrected chi connectivity index (χ2v) is 5.46. The molecule has 2 aliphatic rings. The van der Waals surface area contributed by atoms with E-state index in [9.17, 15) is 4.79 Å². The number of nitrogens with one attached hydrogen (secondary N) is 1. The Bertz CT molecular complexity index is 260. The van der Waals surface area contributed by atoms with Gasteiger partial charge in [-0.1, -0.05) is 19.3 Å². The lowest BCUT2D eigenvalue weighted by molar-refractivity contribution is -0.137. The number of hydrogen-bond donors (Lipinski definition) is 2. The molecule has 5 nitrogen and oxygen atoms in total. The first-order valence-corrected chi connectivity index (χ1v) is 7.26. The number of nitrogens with zero attached hydrogens (tertiary/aromatic N) is 2. The maximum atomic E-state index is 12.1. The van der Waals surface area contributed by atoms with Gasteiger partial charge >= 0.3 is 0 Å². The zero-order valence-electron chi connectivity index (χ0n) is 11.2. The van der Waals surface area contributed by atoms with Gasteiger partial charge in [0.25, 0.3) is 0 Å². The molecule has 0 aromatic rings. The molecular formula is C13H26N4O. The van der Waals surface area contributed by atoms with Crippen molar-refractivity contribution in [1.82, 2.24) is 15.2 Å². The van der Waals surface area contributed by atoms with Crippen LogP contribution >= 0.6 is 0 Å². The maximum Gasteiger partial charge on any atom is 0.239 e. The molecule has 1 saturated carbocycles. The molecule has 0 radical (unpaired) electrons. The van der Waals surface area contributed by atoms with Crippen molar-refractivity contribution in [2.24, 2.45) is 11.8 Å². The highest BCUT2D eigenvalue weighted by atomic mass is 16.2. The lowest BCUT2D eigenvalue weighted by Crippen LogP contribution is -2.49. The number of piperazine rings is 1. The minimum absolute atomic E-state index is 0.157. The number of nitrogens with two attached hydrogens (primary N) is 1. The normalized spacial score (nSPS) is 22.9. The second kappa shape index (κ2) is 7.07. The van der Waals surface area contributed by atoms with Crippen LogP contribution in [0.25, 0.3) is 0 Å². The summed E-state index contributed by atoms with van der Waals surface area (Å²) in [7, 11) is 0. The third kappa shape index (κ3) is 3.93. The molecule has 0 bridgehead atoms. The molecule has 0 unspecified atom stereocenters. The van der Waals surface area contributed by atoms with Crippen LogP contribution in [0.15, 0.2) is 0 Å². The fourth-order valence-corrected chi connectivity index (χ4v) is 2.88. The summed E-state index contributed by atoms with van der Waals surface area (Å²) in [4.78, 5) is 14.5. The second-order valence-electron chi connectivity index (χ2n) is 5.46. The fourth-order valence-electron chi connectivity index (χ4n) is 2.88. The van der Waals surface area contributed by atoms with Gasteiger partial charge in [0, 0.05) is 45.2 Å². The molecule has 0 aromatic carbocycles. The van der Waals surface area contributed by atoms with Crippen LogP contribution < -0.4 is 11.2 Å². The van der Waals surface area contributed by atoms with Crippen LogP contribution in [0.2, 0.25) is 0 Å². The van der Waals surface area contributed by atoms with Crippen molar-refractivity contribution in [3.63, 3.8) is 0 Å². The van der Waals surface area contributed by atoms with Crippen LogP contribution in [0.4, 0.5) is 0 Å². The molecule has 3 N–H and O–H groups in total. The maximum absolute atomic E-state index is 12.1. The third-order valence-corrected chi connectivity index (χ3v) is 4.10. The Labute approximate surface area is 110 Å². The summed E-state index contributed by atoms with van der Waals surface area (Å²) in [5, 5.41) is 4.78. The predicted octanol–water partition coefficient (Wildman–Crippen LogP) is 0.174. The van der Waals surface area contributed by atoms with Gasteiger partial charge in [-0.3, -0.25) is 14.7 Å². The molecule has 1 aliphatic carbocycles. The Balaban J connectivity index is 1.69. The zero-order chi connectivity index (χ0) is 12.8. The first-order valence-electron chi connectivity index (χ1n) is 7.26. The van der Waals surface area contributed by atoms with Gasteiger partial charge in [-0.15, -0.1) is 0 Å². The average molecular weight is 254 g/mol. The van der Waals surface area contributed by atoms with Gasteiger partial charge in [0.1, 0.15) is 0 Å². The number of hydrogen-bond acceptors (Lipinski definition) is 4. The Morgan fingerprint density at radius 1 is 1.22 bits per heavy atom. The Hall–Kier alpha value is -0.650. The molecule has 1 saturated heterocycles. The topological polar surface area (TPSA) is 61.6 Å². The molecule has 0 atom stereocenters. The van der Waals surface area contributed by atoms with Gasteiger partial charge in [0.15, 0.2) is 0 Å². The average Bonchev–Trinajstić information content (AvgIpc) is 2.46. The Morgan fingerprint density at radius 2 is 1.89 bits per heavy atom. The van der Waals surface area contributed by atoms with E-state index < -0.39 is 0 Å². The summed E-state index contributed by atoms with van der Waals surface area (Å²) in [6, 6.07) is 0. The molecule has 18 heavy (non-hydrogen) atoms. The van der Waals surface area contributed by atoms with E-state index in [4.69, 9.17) is 5.84 Å². The van der Waals surface area contributed by atoms with Crippen molar-refractivity contribution in [2.45, 2.75) is 32.1 Å². The van der Waals surface area contributed by atoms with Gasteiger partial charge in [-0.2, -0.15) is 0 Å². The van der Waals surface area contributed by atoms with Gasteiger partial charge in [-0.05, 0) is 12.8 Å². The highest BCUT2D eigenvalue weighted by Crippen LogP contribution is 2.24. The van der Waals surface area contributed by atoms with Crippen molar-refractivity contribution in [3.8, 4) is 0 Å². The van der Waals surface area contributed by atoms with E-state index in [-0.39, 0.29) is 11.8 Å². The lowest BCUT2D eigenvalue weighted by atomic mass is 9.88. The summed E-state index contributed by atoms with van der Waals surface area (Å²) in [5.41, 5.74) is 0. The van der Waals surface area contributed by atoms with Crippen LogP contribution in [0.1, 0.15) is 32.1 Å².